The average molecular weight is 416 g/mol. The maximum Gasteiger partial charge on any atom is 0.413 e. The van der Waals surface area contributed by atoms with Crippen molar-refractivity contribution in [2.45, 2.75) is 32.6 Å². The zero-order valence-electron chi connectivity index (χ0n) is 16.7. The van der Waals surface area contributed by atoms with Crippen LogP contribution in [0.4, 0.5) is 9.80 Å². The number of methoxy groups -OCH3 is 2. The molecule has 8 heteroatoms. The molecule has 0 unspecified atom stereocenters. The van der Waals surface area contributed by atoms with Gasteiger partial charge in [-0.1, -0.05) is 19.1 Å². The minimum Gasteiger partial charge on any atom is -0.497 e. The molecule has 1 heterocycles. The quantitative estimate of drug-likeness (QED) is 0.777. The number of hydrogen-bond donors (Lipinski definition) is 2. The minimum absolute atomic E-state index is 0.168. The van der Waals surface area contributed by atoms with Crippen LogP contribution in [0.3, 0.4) is 0 Å². The molecule has 3 amide bonds. The van der Waals surface area contributed by atoms with Gasteiger partial charge >= 0.3 is 6.09 Å². The lowest BCUT2D eigenvalue weighted by Crippen LogP contribution is -2.31. The van der Waals surface area contributed by atoms with Crippen molar-refractivity contribution in [1.29, 1.82) is 0 Å². The second-order valence-corrected chi connectivity index (χ2v) is 8.18. The van der Waals surface area contributed by atoms with Crippen LogP contribution in [0.25, 0.3) is 0 Å². The largest absolute Gasteiger partial charge is 0.497 e. The van der Waals surface area contributed by atoms with Crippen LogP contribution in [0.5, 0.6) is 5.75 Å². The second kappa shape index (κ2) is 9.09. The highest BCUT2D eigenvalue weighted by Gasteiger charge is 2.29. The summed E-state index contributed by atoms with van der Waals surface area (Å²) in [6.07, 6.45) is 1.90. The predicted octanol–water partition coefficient (Wildman–Crippen LogP) is 3.56. The smallest absolute Gasteiger partial charge is 0.413 e. The van der Waals surface area contributed by atoms with E-state index < -0.39 is 12.0 Å². The lowest BCUT2D eigenvalue weighted by atomic mass is 9.88. The number of anilines is 1. The topological polar surface area (TPSA) is 93.7 Å². The molecule has 1 aliphatic carbocycles. The lowest BCUT2D eigenvalue weighted by molar-refractivity contribution is -0.115. The van der Waals surface area contributed by atoms with Crippen molar-refractivity contribution in [2.24, 2.45) is 5.92 Å². The second-order valence-electron chi connectivity index (χ2n) is 7.07. The summed E-state index contributed by atoms with van der Waals surface area (Å²) in [5.41, 5.74) is 2.11. The molecule has 1 aromatic heterocycles. The molecular formula is C21H24N2O5S. The van der Waals surface area contributed by atoms with Crippen LogP contribution >= 0.6 is 11.3 Å². The van der Waals surface area contributed by atoms with Gasteiger partial charge in [-0.15, -0.1) is 11.3 Å². The normalized spacial score (nSPS) is 15.2. The van der Waals surface area contributed by atoms with Gasteiger partial charge in [-0.25, -0.2) is 4.79 Å². The van der Waals surface area contributed by atoms with E-state index in [0.717, 1.165) is 41.0 Å². The van der Waals surface area contributed by atoms with Gasteiger partial charge in [0.15, 0.2) is 0 Å². The highest BCUT2D eigenvalue weighted by molar-refractivity contribution is 7.17. The summed E-state index contributed by atoms with van der Waals surface area (Å²) in [4.78, 5) is 37.9. The number of imide groups is 1. The van der Waals surface area contributed by atoms with Gasteiger partial charge in [0, 0.05) is 4.88 Å². The van der Waals surface area contributed by atoms with Gasteiger partial charge in [0.05, 0.1) is 26.2 Å². The Morgan fingerprint density at radius 1 is 1.17 bits per heavy atom. The lowest BCUT2D eigenvalue weighted by Gasteiger charge is -2.18. The molecule has 0 aliphatic heterocycles. The van der Waals surface area contributed by atoms with E-state index in [9.17, 15) is 14.4 Å². The fourth-order valence-electron chi connectivity index (χ4n) is 3.38. The molecule has 0 saturated heterocycles. The molecule has 7 nitrogen and oxygen atoms in total. The summed E-state index contributed by atoms with van der Waals surface area (Å²) in [6, 6.07) is 7.24. The molecule has 2 N–H and O–H groups in total. The first-order chi connectivity index (χ1) is 13.9. The molecule has 1 atom stereocenters. The van der Waals surface area contributed by atoms with Crippen molar-refractivity contribution >= 4 is 34.2 Å². The zero-order chi connectivity index (χ0) is 21.0. The highest BCUT2D eigenvalue weighted by atomic mass is 32.1. The Labute approximate surface area is 173 Å². The predicted molar refractivity (Wildman–Crippen MR) is 111 cm³/mol. The monoisotopic (exact) mass is 416 g/mol. The highest BCUT2D eigenvalue weighted by Crippen LogP contribution is 2.39. The van der Waals surface area contributed by atoms with E-state index in [1.54, 1.807) is 19.2 Å². The molecule has 154 valence electrons. The first-order valence-corrected chi connectivity index (χ1v) is 10.2. The molecule has 3 rings (SSSR count). The number of hydrogen-bond acceptors (Lipinski definition) is 6. The average Bonchev–Trinajstić information content (AvgIpc) is 3.04. The van der Waals surface area contributed by atoms with Crippen molar-refractivity contribution < 1.29 is 23.9 Å². The fraction of sp³-hybridized carbons (Fsp3) is 0.381. The molecule has 0 saturated carbocycles. The third-order valence-corrected chi connectivity index (χ3v) is 6.09. The summed E-state index contributed by atoms with van der Waals surface area (Å²) in [5, 5.41) is 5.55. The van der Waals surface area contributed by atoms with E-state index in [1.165, 1.54) is 18.4 Å². The first-order valence-electron chi connectivity index (χ1n) is 9.37. The summed E-state index contributed by atoms with van der Waals surface area (Å²) in [7, 11) is 2.78. The Balaban J connectivity index is 1.82. The van der Waals surface area contributed by atoms with Crippen molar-refractivity contribution in [3.63, 3.8) is 0 Å². The number of carbonyl (C=O) groups excluding carboxylic acids is 3. The fourth-order valence-corrected chi connectivity index (χ4v) is 4.81. The molecule has 0 radical (unpaired) electrons. The van der Waals surface area contributed by atoms with Gasteiger partial charge in [-0.3, -0.25) is 14.9 Å². The van der Waals surface area contributed by atoms with Crippen LogP contribution < -0.4 is 15.4 Å². The van der Waals surface area contributed by atoms with E-state index >= 15 is 0 Å². The van der Waals surface area contributed by atoms with E-state index in [2.05, 4.69) is 22.3 Å². The van der Waals surface area contributed by atoms with Gasteiger partial charge in [0.2, 0.25) is 5.91 Å². The van der Waals surface area contributed by atoms with Crippen LogP contribution in [-0.4, -0.2) is 32.1 Å². The number of ether oxygens (including phenoxy) is 2. The first kappa shape index (κ1) is 20.9. The molecular weight excluding hydrogens is 392 g/mol. The number of thiophene rings is 1. The van der Waals surface area contributed by atoms with Crippen LogP contribution in [-0.2, 0) is 28.8 Å². The molecule has 2 aromatic rings. The maximum atomic E-state index is 12.7. The Morgan fingerprint density at radius 3 is 2.55 bits per heavy atom. The molecule has 1 aromatic carbocycles. The van der Waals surface area contributed by atoms with Crippen LogP contribution in [0, 0.1) is 5.92 Å². The standard InChI is InChI=1S/C21H24N2O5S/c1-12-4-9-15-16(10-12)29-20(18(15)19(25)23-21(26)28-3)22-17(24)11-13-5-7-14(27-2)8-6-13/h5-8,12H,4,9-11H2,1-3H3,(H,22,24)(H,23,25,26)/t12-/m1/s1. The third-order valence-electron chi connectivity index (χ3n) is 4.92. The number of nitrogens with one attached hydrogen (secondary N) is 2. The van der Waals surface area contributed by atoms with Crippen molar-refractivity contribution in [1.82, 2.24) is 5.32 Å². The van der Waals surface area contributed by atoms with E-state index in [1.807, 2.05) is 12.1 Å². The van der Waals surface area contributed by atoms with E-state index in [-0.39, 0.29) is 12.3 Å². The molecule has 0 bridgehead atoms. The van der Waals surface area contributed by atoms with Gasteiger partial charge in [-0.05, 0) is 48.4 Å². The van der Waals surface area contributed by atoms with Gasteiger partial charge in [0.25, 0.3) is 5.91 Å². The Morgan fingerprint density at radius 2 is 1.90 bits per heavy atom. The van der Waals surface area contributed by atoms with E-state index in [4.69, 9.17) is 4.74 Å². The van der Waals surface area contributed by atoms with Crippen molar-refractivity contribution in [3.8, 4) is 5.75 Å². The molecule has 1 aliphatic rings. The minimum atomic E-state index is -0.824. The van der Waals surface area contributed by atoms with Crippen LogP contribution in [0.15, 0.2) is 24.3 Å². The molecule has 29 heavy (non-hydrogen) atoms. The zero-order valence-corrected chi connectivity index (χ0v) is 17.5. The number of rotatable bonds is 5. The number of fused-ring (bicyclic) bond motifs is 1. The van der Waals surface area contributed by atoms with Gasteiger partial charge in [-0.2, -0.15) is 0 Å². The summed E-state index contributed by atoms with van der Waals surface area (Å²) < 4.78 is 9.66. The number of alkyl carbamates (subject to hydrolysis) is 1. The van der Waals surface area contributed by atoms with Gasteiger partial charge in [0.1, 0.15) is 10.8 Å². The summed E-state index contributed by atoms with van der Waals surface area (Å²) in [6.45, 7) is 2.17. The van der Waals surface area contributed by atoms with E-state index in [0.29, 0.717) is 16.5 Å². The van der Waals surface area contributed by atoms with Crippen molar-refractivity contribution in [3.05, 3.63) is 45.8 Å². The van der Waals surface area contributed by atoms with Gasteiger partial charge < -0.3 is 14.8 Å². The number of benzene rings is 1. The number of carbonyl (C=O) groups is 3. The Hall–Kier alpha value is -2.87. The number of amides is 3. The summed E-state index contributed by atoms with van der Waals surface area (Å²) in [5.74, 6) is 0.453. The van der Waals surface area contributed by atoms with Crippen molar-refractivity contribution in [2.75, 3.05) is 19.5 Å². The third kappa shape index (κ3) is 4.95. The SMILES string of the molecule is COC(=O)NC(=O)c1c(NC(=O)Cc2ccc(OC)cc2)sc2c1CC[C@@H](C)C2. The summed E-state index contributed by atoms with van der Waals surface area (Å²) >= 11 is 1.41. The maximum absolute atomic E-state index is 12.7. The van der Waals surface area contributed by atoms with Crippen LogP contribution in [0.1, 0.15) is 39.7 Å². The Bertz CT molecular complexity index is 920. The molecule has 0 fully saturated rings. The Kier molecular flexibility index (Phi) is 6.53. The molecule has 0 spiro atoms. The van der Waals surface area contributed by atoms with Crippen LogP contribution in [0.2, 0.25) is 0 Å².